The van der Waals surface area contributed by atoms with Crippen LogP contribution in [0.25, 0.3) is 16.9 Å². The second kappa shape index (κ2) is 5.53. The number of fused-ring (bicyclic) bond motifs is 2. The van der Waals surface area contributed by atoms with E-state index in [4.69, 9.17) is 0 Å². The summed E-state index contributed by atoms with van der Waals surface area (Å²) in [5, 5.41) is 17.0. The van der Waals surface area contributed by atoms with Gasteiger partial charge in [0.25, 0.3) is 0 Å². The lowest BCUT2D eigenvalue weighted by atomic mass is 10.1. The van der Waals surface area contributed by atoms with Crippen LogP contribution in [0.5, 0.6) is 0 Å². The molecule has 0 saturated heterocycles. The smallest absolute Gasteiger partial charge is 0.217 e. The van der Waals surface area contributed by atoms with Crippen molar-refractivity contribution in [2.24, 2.45) is 5.18 Å². The van der Waals surface area contributed by atoms with Crippen molar-refractivity contribution < 1.29 is 0 Å². The monoisotopic (exact) mass is 337 g/mol. The van der Waals surface area contributed by atoms with Crippen LogP contribution in [0.2, 0.25) is 0 Å². The molecule has 9 heteroatoms. The first-order chi connectivity index (χ1) is 11.6. The standard InChI is InChI=1S/C15H11N7OS/c1-9(2)10-3-4-13-17-18-15(21(13)7-10)24-14-6-5-12-16-11(20-23)8-22(12)19-14/h3-8H,1H2,2H3. The minimum absolute atomic E-state index is 0.101. The number of imidazole rings is 1. The predicted octanol–water partition coefficient (Wildman–Crippen LogP) is 3.35. The third-order valence-electron chi connectivity index (χ3n) is 3.44. The molecule has 4 heterocycles. The van der Waals surface area contributed by atoms with E-state index in [1.807, 2.05) is 35.7 Å². The van der Waals surface area contributed by atoms with E-state index in [0.717, 1.165) is 16.8 Å². The summed E-state index contributed by atoms with van der Waals surface area (Å²) in [6.07, 6.45) is 3.43. The van der Waals surface area contributed by atoms with Crippen molar-refractivity contribution in [1.82, 2.24) is 29.2 Å². The van der Waals surface area contributed by atoms with Crippen LogP contribution >= 0.6 is 11.8 Å². The highest BCUT2D eigenvalue weighted by Crippen LogP contribution is 2.26. The van der Waals surface area contributed by atoms with Gasteiger partial charge in [-0.05, 0) is 59.3 Å². The van der Waals surface area contributed by atoms with Crippen LogP contribution in [0.3, 0.4) is 0 Å². The first-order valence-electron chi connectivity index (χ1n) is 7.02. The van der Waals surface area contributed by atoms with Gasteiger partial charge in [0.05, 0.1) is 6.20 Å². The Morgan fingerprint density at radius 2 is 2.00 bits per heavy atom. The van der Waals surface area contributed by atoms with Crippen molar-refractivity contribution in [3.8, 4) is 0 Å². The third kappa shape index (κ3) is 2.44. The molecule has 4 rings (SSSR count). The highest BCUT2D eigenvalue weighted by molar-refractivity contribution is 7.99. The number of hydrogen-bond donors (Lipinski definition) is 0. The van der Waals surface area contributed by atoms with Crippen molar-refractivity contribution in [3.05, 3.63) is 53.7 Å². The second-order valence-electron chi connectivity index (χ2n) is 5.18. The van der Waals surface area contributed by atoms with Crippen molar-refractivity contribution in [3.63, 3.8) is 0 Å². The van der Waals surface area contributed by atoms with Gasteiger partial charge in [-0.1, -0.05) is 6.58 Å². The Kier molecular flexibility index (Phi) is 3.35. The van der Waals surface area contributed by atoms with Gasteiger partial charge >= 0.3 is 0 Å². The molecule has 0 radical (unpaired) electrons. The zero-order chi connectivity index (χ0) is 16.7. The molecule has 8 nitrogen and oxygen atoms in total. The van der Waals surface area contributed by atoms with Crippen LogP contribution in [-0.2, 0) is 0 Å². The molecule has 0 aliphatic carbocycles. The minimum Gasteiger partial charge on any atom is -0.277 e. The zero-order valence-electron chi connectivity index (χ0n) is 12.6. The normalized spacial score (nSPS) is 11.2. The molecule has 0 atom stereocenters. The van der Waals surface area contributed by atoms with E-state index in [9.17, 15) is 4.91 Å². The molecule has 0 spiro atoms. The third-order valence-corrected chi connectivity index (χ3v) is 4.32. The molecule has 0 N–H and O–H groups in total. The fourth-order valence-corrected chi connectivity index (χ4v) is 3.01. The molecular formula is C15H11N7OS. The van der Waals surface area contributed by atoms with Crippen molar-refractivity contribution >= 4 is 34.4 Å². The van der Waals surface area contributed by atoms with E-state index in [1.54, 1.807) is 6.07 Å². The first kappa shape index (κ1) is 14.5. The number of pyridine rings is 1. The quantitative estimate of drug-likeness (QED) is 0.530. The molecule has 0 amide bonds. The van der Waals surface area contributed by atoms with Gasteiger partial charge in [0.15, 0.2) is 11.3 Å². The second-order valence-corrected chi connectivity index (χ2v) is 6.16. The van der Waals surface area contributed by atoms with Crippen LogP contribution in [-0.4, -0.2) is 29.2 Å². The molecule has 0 fully saturated rings. The average molecular weight is 337 g/mol. The van der Waals surface area contributed by atoms with Crippen molar-refractivity contribution in [2.45, 2.75) is 17.1 Å². The van der Waals surface area contributed by atoms with Crippen molar-refractivity contribution in [2.75, 3.05) is 0 Å². The molecule has 0 aromatic carbocycles. The number of aromatic nitrogens is 6. The maximum absolute atomic E-state index is 10.6. The number of hydrogen-bond acceptors (Lipinski definition) is 7. The summed E-state index contributed by atoms with van der Waals surface area (Å²) in [5.74, 6) is 0.101. The lowest BCUT2D eigenvalue weighted by Crippen LogP contribution is -1.94. The van der Waals surface area contributed by atoms with E-state index < -0.39 is 0 Å². The predicted molar refractivity (Wildman–Crippen MR) is 90.3 cm³/mol. The Bertz CT molecular complexity index is 1100. The summed E-state index contributed by atoms with van der Waals surface area (Å²) in [5.41, 5.74) is 3.29. The Balaban J connectivity index is 1.74. The van der Waals surface area contributed by atoms with E-state index in [0.29, 0.717) is 15.8 Å². The summed E-state index contributed by atoms with van der Waals surface area (Å²) in [6, 6.07) is 7.44. The molecule has 4 aromatic rings. The Hall–Kier alpha value is -3.07. The van der Waals surface area contributed by atoms with Crippen LogP contribution in [0.4, 0.5) is 5.82 Å². The molecule has 0 aliphatic rings. The first-order valence-corrected chi connectivity index (χ1v) is 7.84. The molecule has 24 heavy (non-hydrogen) atoms. The SMILES string of the molecule is C=C(C)c1ccc2nnc(Sc3ccc4nc(N=O)cn4n3)n2c1. The van der Waals surface area contributed by atoms with Crippen molar-refractivity contribution in [1.29, 1.82) is 0 Å². The molecular weight excluding hydrogens is 326 g/mol. The highest BCUT2D eigenvalue weighted by Gasteiger charge is 2.11. The number of rotatable bonds is 4. The number of nitrogens with zero attached hydrogens (tertiary/aromatic N) is 7. The van der Waals surface area contributed by atoms with E-state index in [2.05, 4.69) is 32.0 Å². The van der Waals surface area contributed by atoms with Gasteiger partial charge in [0.1, 0.15) is 5.03 Å². The van der Waals surface area contributed by atoms with Crippen LogP contribution < -0.4 is 0 Å². The van der Waals surface area contributed by atoms with Gasteiger partial charge in [-0.15, -0.1) is 15.1 Å². The Labute approximate surface area is 140 Å². The lowest BCUT2D eigenvalue weighted by Gasteiger charge is -2.03. The maximum atomic E-state index is 10.6. The average Bonchev–Trinajstić information content (AvgIpc) is 3.18. The van der Waals surface area contributed by atoms with E-state index in [-0.39, 0.29) is 5.82 Å². The van der Waals surface area contributed by atoms with E-state index >= 15 is 0 Å². The number of allylic oxidation sites excluding steroid dienone is 1. The summed E-state index contributed by atoms with van der Waals surface area (Å²) in [7, 11) is 0. The van der Waals surface area contributed by atoms with Gasteiger partial charge in [0.2, 0.25) is 11.0 Å². The summed E-state index contributed by atoms with van der Waals surface area (Å²) < 4.78 is 3.41. The topological polar surface area (TPSA) is 89.8 Å². The Morgan fingerprint density at radius 1 is 1.17 bits per heavy atom. The Morgan fingerprint density at radius 3 is 2.79 bits per heavy atom. The molecule has 4 aromatic heterocycles. The van der Waals surface area contributed by atoms with E-state index in [1.165, 1.54) is 22.5 Å². The maximum Gasteiger partial charge on any atom is 0.217 e. The summed E-state index contributed by atoms with van der Waals surface area (Å²) >= 11 is 1.37. The highest BCUT2D eigenvalue weighted by atomic mass is 32.2. The fourth-order valence-electron chi connectivity index (χ4n) is 2.24. The number of nitroso groups, excluding NO2 is 1. The van der Waals surface area contributed by atoms with Crippen LogP contribution in [0.15, 0.2) is 58.6 Å². The molecule has 118 valence electrons. The summed E-state index contributed by atoms with van der Waals surface area (Å²) in [4.78, 5) is 14.6. The van der Waals surface area contributed by atoms with Gasteiger partial charge in [-0.25, -0.2) is 9.50 Å². The largest absolute Gasteiger partial charge is 0.277 e. The molecule has 0 aliphatic heterocycles. The van der Waals surface area contributed by atoms with Crippen LogP contribution in [0, 0.1) is 4.91 Å². The summed E-state index contributed by atoms with van der Waals surface area (Å²) in [6.45, 7) is 5.91. The fraction of sp³-hybridized carbons (Fsp3) is 0.0667. The molecule has 0 unspecified atom stereocenters. The van der Waals surface area contributed by atoms with Gasteiger partial charge in [0, 0.05) is 6.20 Å². The molecule has 0 saturated carbocycles. The van der Waals surface area contributed by atoms with Gasteiger partial charge in [-0.2, -0.15) is 5.10 Å². The zero-order valence-corrected chi connectivity index (χ0v) is 13.4. The molecule has 0 bridgehead atoms. The van der Waals surface area contributed by atoms with Gasteiger partial charge < -0.3 is 0 Å². The minimum atomic E-state index is 0.101. The van der Waals surface area contributed by atoms with Gasteiger partial charge in [-0.3, -0.25) is 4.40 Å². The van der Waals surface area contributed by atoms with Crippen LogP contribution in [0.1, 0.15) is 12.5 Å². The lowest BCUT2D eigenvalue weighted by molar-refractivity contribution is 0.849.